The van der Waals surface area contributed by atoms with E-state index in [2.05, 4.69) is 44.7 Å². The molecule has 0 saturated carbocycles. The van der Waals surface area contributed by atoms with E-state index < -0.39 is 0 Å². The summed E-state index contributed by atoms with van der Waals surface area (Å²) in [6.45, 7) is 13.1. The highest BCUT2D eigenvalue weighted by Gasteiger charge is 2.31. The molecule has 0 atom stereocenters. The van der Waals surface area contributed by atoms with Crippen molar-refractivity contribution in [3.05, 3.63) is 0 Å². The first-order valence-corrected chi connectivity index (χ1v) is 5.98. The van der Waals surface area contributed by atoms with Gasteiger partial charge in [0.25, 0.3) is 0 Å². The molecule has 0 rings (SSSR count). The summed E-state index contributed by atoms with van der Waals surface area (Å²) in [6, 6.07) is 0. The Bertz CT molecular complexity index is 216. The van der Waals surface area contributed by atoms with E-state index in [4.69, 9.17) is 0 Å². The van der Waals surface area contributed by atoms with E-state index in [1.54, 1.807) is 0 Å². The molecule has 3 nitrogen and oxygen atoms in total. The first-order valence-electron chi connectivity index (χ1n) is 5.98. The number of esters is 1. The standard InChI is InChI=1S/C13H27NO2/c1-12(2,3)13(4,5)10-14-9-7-8-11(15)16-6/h14H,7-10H2,1-6H3. The molecule has 0 saturated heterocycles. The van der Waals surface area contributed by atoms with Gasteiger partial charge in [0.15, 0.2) is 0 Å². The minimum Gasteiger partial charge on any atom is -0.469 e. The van der Waals surface area contributed by atoms with E-state index in [1.165, 1.54) is 7.11 Å². The molecule has 1 N–H and O–H groups in total. The van der Waals surface area contributed by atoms with Crippen LogP contribution in [-0.2, 0) is 9.53 Å². The predicted molar refractivity (Wildman–Crippen MR) is 67.4 cm³/mol. The summed E-state index contributed by atoms with van der Waals surface area (Å²) in [5.41, 5.74) is 0.528. The lowest BCUT2D eigenvalue weighted by atomic mass is 9.69. The SMILES string of the molecule is COC(=O)CCCNCC(C)(C)C(C)(C)C. The summed E-state index contributed by atoms with van der Waals surface area (Å²) in [4.78, 5) is 10.9. The normalized spacial score (nSPS) is 12.6. The molecule has 96 valence electrons. The van der Waals surface area contributed by atoms with Gasteiger partial charge in [-0.25, -0.2) is 0 Å². The summed E-state index contributed by atoms with van der Waals surface area (Å²) in [5, 5.41) is 3.40. The summed E-state index contributed by atoms with van der Waals surface area (Å²) in [7, 11) is 1.43. The van der Waals surface area contributed by atoms with E-state index >= 15 is 0 Å². The molecule has 0 heterocycles. The molecule has 0 spiro atoms. The second-order valence-electron chi connectivity index (χ2n) is 5.99. The third-order valence-electron chi connectivity index (χ3n) is 3.56. The van der Waals surface area contributed by atoms with Crippen molar-refractivity contribution >= 4 is 5.97 Å². The lowest BCUT2D eigenvalue weighted by molar-refractivity contribution is -0.140. The van der Waals surface area contributed by atoms with Crippen LogP contribution in [0.4, 0.5) is 0 Å². The molecular formula is C13H27NO2. The van der Waals surface area contributed by atoms with E-state index in [0.29, 0.717) is 6.42 Å². The number of hydrogen-bond donors (Lipinski definition) is 1. The molecule has 0 aromatic carbocycles. The number of carbonyl (C=O) groups is 1. The Balaban J connectivity index is 3.71. The van der Waals surface area contributed by atoms with E-state index in [-0.39, 0.29) is 16.8 Å². The maximum absolute atomic E-state index is 10.9. The van der Waals surface area contributed by atoms with Crippen LogP contribution in [0.1, 0.15) is 47.5 Å². The summed E-state index contributed by atoms with van der Waals surface area (Å²) >= 11 is 0. The van der Waals surface area contributed by atoms with E-state index in [1.807, 2.05) is 0 Å². The number of nitrogens with one attached hydrogen (secondary N) is 1. The number of rotatable bonds is 6. The van der Waals surface area contributed by atoms with Crippen LogP contribution < -0.4 is 5.32 Å². The molecule has 0 amide bonds. The molecule has 3 heteroatoms. The van der Waals surface area contributed by atoms with E-state index in [9.17, 15) is 4.79 Å². The smallest absolute Gasteiger partial charge is 0.305 e. The highest BCUT2D eigenvalue weighted by Crippen LogP contribution is 2.36. The van der Waals surface area contributed by atoms with Gasteiger partial charge < -0.3 is 10.1 Å². The van der Waals surface area contributed by atoms with Gasteiger partial charge in [-0.1, -0.05) is 34.6 Å². The van der Waals surface area contributed by atoms with Crippen molar-refractivity contribution in [1.82, 2.24) is 5.32 Å². The van der Waals surface area contributed by atoms with Crippen molar-refractivity contribution < 1.29 is 9.53 Å². The molecule has 0 aliphatic carbocycles. The van der Waals surface area contributed by atoms with Crippen LogP contribution in [0, 0.1) is 10.8 Å². The maximum Gasteiger partial charge on any atom is 0.305 e. The Kier molecular flexibility index (Phi) is 6.01. The zero-order valence-corrected chi connectivity index (χ0v) is 11.6. The molecule has 0 bridgehead atoms. The fourth-order valence-corrected chi connectivity index (χ4v) is 1.13. The zero-order valence-electron chi connectivity index (χ0n) is 11.6. The van der Waals surface area contributed by atoms with Crippen molar-refractivity contribution in [2.24, 2.45) is 10.8 Å². The summed E-state index contributed by atoms with van der Waals surface area (Å²) < 4.78 is 4.59. The van der Waals surface area contributed by atoms with Crippen LogP contribution in [-0.4, -0.2) is 26.2 Å². The van der Waals surface area contributed by atoms with Crippen molar-refractivity contribution in [3.63, 3.8) is 0 Å². The number of ether oxygens (including phenoxy) is 1. The zero-order chi connectivity index (χ0) is 12.8. The Morgan fingerprint density at radius 3 is 2.19 bits per heavy atom. The van der Waals surface area contributed by atoms with Crippen LogP contribution in [0.2, 0.25) is 0 Å². The van der Waals surface area contributed by atoms with Gasteiger partial charge in [0.05, 0.1) is 7.11 Å². The number of hydrogen-bond acceptors (Lipinski definition) is 3. The molecule has 0 aliphatic heterocycles. The molecule has 0 aliphatic rings. The second-order valence-corrected chi connectivity index (χ2v) is 5.99. The van der Waals surface area contributed by atoms with Gasteiger partial charge in [0.1, 0.15) is 0 Å². The van der Waals surface area contributed by atoms with Gasteiger partial charge >= 0.3 is 5.97 Å². The van der Waals surface area contributed by atoms with Crippen molar-refractivity contribution in [2.75, 3.05) is 20.2 Å². The minimum atomic E-state index is -0.128. The van der Waals surface area contributed by atoms with Gasteiger partial charge in [0, 0.05) is 13.0 Å². The Labute approximate surface area is 99.9 Å². The monoisotopic (exact) mass is 229 g/mol. The topological polar surface area (TPSA) is 38.3 Å². The van der Waals surface area contributed by atoms with Crippen molar-refractivity contribution in [2.45, 2.75) is 47.5 Å². The quantitative estimate of drug-likeness (QED) is 0.562. The maximum atomic E-state index is 10.9. The number of methoxy groups -OCH3 is 1. The van der Waals surface area contributed by atoms with Gasteiger partial charge in [-0.05, 0) is 23.8 Å². The lowest BCUT2D eigenvalue weighted by Crippen LogP contribution is -2.39. The second kappa shape index (κ2) is 6.24. The molecule has 0 fully saturated rings. The van der Waals surface area contributed by atoms with Gasteiger partial charge in [-0.15, -0.1) is 0 Å². The van der Waals surface area contributed by atoms with Gasteiger partial charge in [-0.3, -0.25) is 4.79 Å². The summed E-state index contributed by atoms with van der Waals surface area (Å²) in [5.74, 6) is -0.128. The van der Waals surface area contributed by atoms with Crippen LogP contribution in [0.25, 0.3) is 0 Å². The number of carbonyl (C=O) groups excluding carboxylic acids is 1. The highest BCUT2D eigenvalue weighted by atomic mass is 16.5. The van der Waals surface area contributed by atoms with Gasteiger partial charge in [0.2, 0.25) is 0 Å². The molecule has 16 heavy (non-hydrogen) atoms. The third kappa shape index (κ3) is 5.50. The fraction of sp³-hybridized carbons (Fsp3) is 0.923. The lowest BCUT2D eigenvalue weighted by Gasteiger charge is -2.39. The average Bonchev–Trinajstić information content (AvgIpc) is 2.15. The fourth-order valence-electron chi connectivity index (χ4n) is 1.13. The Morgan fingerprint density at radius 2 is 1.75 bits per heavy atom. The highest BCUT2D eigenvalue weighted by molar-refractivity contribution is 5.69. The molecule has 0 aromatic rings. The van der Waals surface area contributed by atoms with Crippen molar-refractivity contribution in [3.8, 4) is 0 Å². The first-order chi connectivity index (χ1) is 7.20. The van der Waals surface area contributed by atoms with Crippen molar-refractivity contribution in [1.29, 1.82) is 0 Å². The molecule has 0 aromatic heterocycles. The van der Waals surface area contributed by atoms with E-state index in [0.717, 1.165) is 19.5 Å². The Morgan fingerprint density at radius 1 is 1.19 bits per heavy atom. The predicted octanol–water partition coefficient (Wildman–Crippen LogP) is 2.60. The van der Waals surface area contributed by atoms with Crippen LogP contribution in [0.15, 0.2) is 0 Å². The average molecular weight is 229 g/mol. The van der Waals surface area contributed by atoms with Crippen LogP contribution in [0.3, 0.4) is 0 Å². The molecular weight excluding hydrogens is 202 g/mol. The third-order valence-corrected chi connectivity index (χ3v) is 3.56. The van der Waals surface area contributed by atoms with Crippen LogP contribution >= 0.6 is 0 Å². The molecule has 0 unspecified atom stereocenters. The Hall–Kier alpha value is -0.570. The summed E-state index contributed by atoms with van der Waals surface area (Å²) in [6.07, 6.45) is 1.34. The first kappa shape index (κ1) is 15.4. The minimum absolute atomic E-state index is 0.128. The van der Waals surface area contributed by atoms with Gasteiger partial charge in [-0.2, -0.15) is 0 Å². The van der Waals surface area contributed by atoms with Crippen LogP contribution in [0.5, 0.6) is 0 Å². The molecule has 0 radical (unpaired) electrons. The largest absolute Gasteiger partial charge is 0.469 e.